The standard InChI is InChI=1S/C19H12ClFN2O6/c20-14-9-12(3-6-15(14)21)22-18(24)10-28-19(25)17-8-7-16(29-17)11-1-4-13(5-2-11)23(26)27/h1-9H,10H2,(H,22,24). The molecule has 0 atom stereocenters. The molecule has 0 radical (unpaired) electrons. The van der Waals surface area contributed by atoms with Gasteiger partial charge in [0.2, 0.25) is 5.76 Å². The monoisotopic (exact) mass is 418 g/mol. The number of esters is 1. The summed E-state index contributed by atoms with van der Waals surface area (Å²) in [6, 6.07) is 12.1. The molecule has 0 bridgehead atoms. The molecule has 10 heteroatoms. The molecular weight excluding hydrogens is 407 g/mol. The zero-order chi connectivity index (χ0) is 21.0. The number of rotatable bonds is 6. The molecule has 0 saturated heterocycles. The Morgan fingerprint density at radius 3 is 2.52 bits per heavy atom. The van der Waals surface area contributed by atoms with Gasteiger partial charge < -0.3 is 14.5 Å². The van der Waals surface area contributed by atoms with Crippen LogP contribution < -0.4 is 5.32 Å². The number of carbonyl (C=O) groups excluding carboxylic acids is 2. The quantitative estimate of drug-likeness (QED) is 0.360. The van der Waals surface area contributed by atoms with E-state index in [0.29, 0.717) is 11.3 Å². The smallest absolute Gasteiger partial charge is 0.374 e. The minimum Gasteiger partial charge on any atom is -0.450 e. The number of ether oxygens (including phenoxy) is 1. The molecule has 0 fully saturated rings. The number of nitro benzene ring substituents is 1. The van der Waals surface area contributed by atoms with Crippen molar-refractivity contribution in [2.75, 3.05) is 11.9 Å². The highest BCUT2D eigenvalue weighted by atomic mass is 35.5. The Balaban J connectivity index is 1.57. The van der Waals surface area contributed by atoms with Crippen molar-refractivity contribution < 1.29 is 28.1 Å². The van der Waals surface area contributed by atoms with Crippen LogP contribution in [0.4, 0.5) is 15.8 Å². The summed E-state index contributed by atoms with van der Waals surface area (Å²) in [5, 5.41) is 12.9. The number of nitrogens with zero attached hydrogens (tertiary/aromatic N) is 1. The normalized spacial score (nSPS) is 10.4. The number of halogens is 2. The summed E-state index contributed by atoms with van der Waals surface area (Å²) in [7, 11) is 0. The number of carbonyl (C=O) groups is 2. The second-order valence-electron chi connectivity index (χ2n) is 5.72. The first-order valence-corrected chi connectivity index (χ1v) is 8.48. The first-order valence-electron chi connectivity index (χ1n) is 8.10. The first kappa shape index (κ1) is 20.0. The van der Waals surface area contributed by atoms with Gasteiger partial charge in [-0.2, -0.15) is 0 Å². The van der Waals surface area contributed by atoms with Crippen LogP contribution in [-0.4, -0.2) is 23.4 Å². The summed E-state index contributed by atoms with van der Waals surface area (Å²) in [5.41, 5.74) is 0.699. The van der Waals surface area contributed by atoms with Crippen molar-refractivity contribution in [1.29, 1.82) is 0 Å². The van der Waals surface area contributed by atoms with E-state index in [1.807, 2.05) is 0 Å². The predicted molar refractivity (Wildman–Crippen MR) is 101 cm³/mol. The third kappa shape index (κ3) is 4.96. The minimum atomic E-state index is -0.870. The van der Waals surface area contributed by atoms with Gasteiger partial charge >= 0.3 is 5.97 Å². The number of hydrogen-bond donors (Lipinski definition) is 1. The maximum Gasteiger partial charge on any atom is 0.374 e. The lowest BCUT2D eigenvalue weighted by Gasteiger charge is -2.06. The molecule has 29 heavy (non-hydrogen) atoms. The van der Waals surface area contributed by atoms with Gasteiger partial charge in [0.15, 0.2) is 6.61 Å². The molecule has 0 aliphatic rings. The van der Waals surface area contributed by atoms with Crippen molar-refractivity contribution >= 4 is 34.9 Å². The molecule has 1 amide bonds. The van der Waals surface area contributed by atoms with Crippen molar-refractivity contribution in [2.24, 2.45) is 0 Å². The van der Waals surface area contributed by atoms with Crippen LogP contribution in [0.25, 0.3) is 11.3 Å². The van der Waals surface area contributed by atoms with E-state index in [0.717, 1.165) is 6.07 Å². The van der Waals surface area contributed by atoms with E-state index in [-0.39, 0.29) is 22.2 Å². The second kappa shape index (κ2) is 8.53. The summed E-state index contributed by atoms with van der Waals surface area (Å²) >= 11 is 5.62. The molecule has 0 aliphatic carbocycles. The Morgan fingerprint density at radius 2 is 1.86 bits per heavy atom. The maximum atomic E-state index is 13.1. The highest BCUT2D eigenvalue weighted by molar-refractivity contribution is 6.31. The second-order valence-corrected chi connectivity index (χ2v) is 6.13. The fourth-order valence-corrected chi connectivity index (χ4v) is 2.50. The van der Waals surface area contributed by atoms with Gasteiger partial charge in [-0.1, -0.05) is 11.6 Å². The number of anilines is 1. The van der Waals surface area contributed by atoms with Gasteiger partial charge in [0.05, 0.1) is 9.95 Å². The van der Waals surface area contributed by atoms with E-state index in [1.54, 1.807) is 0 Å². The molecule has 3 aromatic rings. The van der Waals surface area contributed by atoms with Gasteiger partial charge in [0, 0.05) is 23.4 Å². The first-order chi connectivity index (χ1) is 13.8. The van der Waals surface area contributed by atoms with Crippen molar-refractivity contribution in [1.82, 2.24) is 0 Å². The highest BCUT2D eigenvalue weighted by Crippen LogP contribution is 2.25. The number of benzene rings is 2. The lowest BCUT2D eigenvalue weighted by molar-refractivity contribution is -0.384. The van der Waals surface area contributed by atoms with Crippen LogP contribution in [0, 0.1) is 15.9 Å². The van der Waals surface area contributed by atoms with Gasteiger partial charge in [-0.3, -0.25) is 14.9 Å². The predicted octanol–water partition coefficient (Wildman–Crippen LogP) is 4.44. The Bertz CT molecular complexity index is 1080. The van der Waals surface area contributed by atoms with E-state index >= 15 is 0 Å². The van der Waals surface area contributed by atoms with E-state index in [1.165, 1.54) is 48.5 Å². The van der Waals surface area contributed by atoms with Crippen LogP contribution >= 0.6 is 11.6 Å². The van der Waals surface area contributed by atoms with Gasteiger partial charge in [-0.05, 0) is 42.5 Å². The SMILES string of the molecule is O=C(COC(=O)c1ccc(-c2ccc([N+](=O)[O-])cc2)o1)Nc1ccc(F)c(Cl)c1. The Labute approximate surface area is 168 Å². The summed E-state index contributed by atoms with van der Waals surface area (Å²) in [4.78, 5) is 34.0. The fraction of sp³-hybridized carbons (Fsp3) is 0.0526. The summed E-state index contributed by atoms with van der Waals surface area (Å²) in [6.07, 6.45) is 0. The summed E-state index contributed by atoms with van der Waals surface area (Å²) < 4.78 is 23.4. The summed E-state index contributed by atoms with van der Waals surface area (Å²) in [5.74, 6) is -1.99. The van der Waals surface area contributed by atoms with E-state index < -0.39 is 29.2 Å². The fourth-order valence-electron chi connectivity index (χ4n) is 2.32. The van der Waals surface area contributed by atoms with Crippen LogP contribution in [0.1, 0.15) is 10.6 Å². The third-order valence-corrected chi connectivity index (χ3v) is 4.00. The number of hydrogen-bond acceptors (Lipinski definition) is 6. The van der Waals surface area contributed by atoms with Crippen molar-refractivity contribution in [3.8, 4) is 11.3 Å². The largest absolute Gasteiger partial charge is 0.450 e. The Morgan fingerprint density at radius 1 is 1.14 bits per heavy atom. The van der Waals surface area contributed by atoms with Gasteiger partial charge in [-0.25, -0.2) is 9.18 Å². The lowest BCUT2D eigenvalue weighted by Crippen LogP contribution is -2.20. The summed E-state index contributed by atoms with van der Waals surface area (Å²) in [6.45, 7) is -0.596. The van der Waals surface area contributed by atoms with Gasteiger partial charge in [0.25, 0.3) is 11.6 Å². The van der Waals surface area contributed by atoms with Crippen LogP contribution in [-0.2, 0) is 9.53 Å². The van der Waals surface area contributed by atoms with Crippen LogP contribution in [0.2, 0.25) is 5.02 Å². The van der Waals surface area contributed by atoms with E-state index in [4.69, 9.17) is 20.8 Å². The van der Waals surface area contributed by atoms with Crippen LogP contribution in [0.15, 0.2) is 59.0 Å². The Kier molecular flexibility index (Phi) is 5.89. The van der Waals surface area contributed by atoms with E-state index in [9.17, 15) is 24.1 Å². The zero-order valence-electron chi connectivity index (χ0n) is 14.6. The number of amides is 1. The zero-order valence-corrected chi connectivity index (χ0v) is 15.3. The third-order valence-electron chi connectivity index (χ3n) is 3.71. The molecule has 3 rings (SSSR count). The van der Waals surface area contributed by atoms with Gasteiger partial charge in [0.1, 0.15) is 11.6 Å². The van der Waals surface area contributed by atoms with E-state index in [2.05, 4.69) is 5.32 Å². The van der Waals surface area contributed by atoms with Crippen LogP contribution in [0.5, 0.6) is 0 Å². The van der Waals surface area contributed by atoms with Crippen molar-refractivity contribution in [3.63, 3.8) is 0 Å². The minimum absolute atomic E-state index is 0.0756. The molecule has 1 N–H and O–H groups in total. The molecule has 8 nitrogen and oxygen atoms in total. The Hall–Kier alpha value is -3.72. The van der Waals surface area contributed by atoms with Crippen LogP contribution in [0.3, 0.4) is 0 Å². The maximum absolute atomic E-state index is 13.1. The van der Waals surface area contributed by atoms with Gasteiger partial charge in [-0.15, -0.1) is 0 Å². The topological polar surface area (TPSA) is 112 Å². The molecule has 0 spiro atoms. The molecule has 1 aromatic heterocycles. The number of non-ortho nitro benzene ring substituents is 1. The molecule has 2 aromatic carbocycles. The van der Waals surface area contributed by atoms with Crippen molar-refractivity contribution in [2.45, 2.75) is 0 Å². The molecule has 0 unspecified atom stereocenters. The average Bonchev–Trinajstić information content (AvgIpc) is 3.19. The molecule has 1 heterocycles. The number of nitrogens with one attached hydrogen (secondary N) is 1. The number of furan rings is 1. The van der Waals surface area contributed by atoms with Crippen molar-refractivity contribution in [3.05, 3.63) is 81.3 Å². The molecule has 0 saturated carbocycles. The molecular formula is C19H12ClFN2O6. The highest BCUT2D eigenvalue weighted by Gasteiger charge is 2.16. The average molecular weight is 419 g/mol. The lowest BCUT2D eigenvalue weighted by atomic mass is 10.1. The number of nitro groups is 1. The molecule has 148 valence electrons. The molecule has 0 aliphatic heterocycles.